The van der Waals surface area contributed by atoms with Gasteiger partial charge in [0.25, 0.3) is 0 Å². The van der Waals surface area contributed by atoms with E-state index in [2.05, 4.69) is 43.1 Å². The monoisotopic (exact) mass is 317 g/mol. The number of likely N-dealkylation sites (tertiary alicyclic amines) is 1. The number of nitrogens with zero attached hydrogens (tertiary/aromatic N) is 1. The number of hydrogen-bond donors (Lipinski definition) is 1. The molecule has 0 bridgehead atoms. The van der Waals surface area contributed by atoms with Crippen molar-refractivity contribution in [2.24, 2.45) is 23.2 Å². The molecule has 0 amide bonds. The second-order valence-electron chi connectivity index (χ2n) is 8.22. The summed E-state index contributed by atoms with van der Waals surface area (Å²) in [7, 11) is 0. The van der Waals surface area contributed by atoms with Crippen molar-refractivity contribution in [3.8, 4) is 0 Å². The molecule has 1 heterocycles. The summed E-state index contributed by atoms with van der Waals surface area (Å²) in [5.74, 6) is 0.853. The third kappa shape index (κ3) is 3.40. The van der Waals surface area contributed by atoms with Crippen LogP contribution in [0, 0.1) is 23.2 Å². The Bertz CT molecular complexity index is 492. The molecule has 2 aliphatic carbocycles. The highest BCUT2D eigenvalue weighted by Crippen LogP contribution is 2.45. The van der Waals surface area contributed by atoms with Gasteiger partial charge in [0.1, 0.15) is 6.04 Å². The van der Waals surface area contributed by atoms with Crippen molar-refractivity contribution < 1.29 is 9.90 Å². The van der Waals surface area contributed by atoms with Crippen molar-refractivity contribution in [2.45, 2.75) is 58.4 Å². The van der Waals surface area contributed by atoms with Crippen LogP contribution in [0.2, 0.25) is 0 Å². The summed E-state index contributed by atoms with van der Waals surface area (Å²) in [6, 6.07) is -0.269. The van der Waals surface area contributed by atoms with Gasteiger partial charge in [-0.2, -0.15) is 0 Å². The van der Waals surface area contributed by atoms with E-state index in [1.807, 2.05) is 0 Å². The predicted molar refractivity (Wildman–Crippen MR) is 93.2 cm³/mol. The summed E-state index contributed by atoms with van der Waals surface area (Å²) >= 11 is 0. The third-order valence-corrected chi connectivity index (χ3v) is 6.51. The van der Waals surface area contributed by atoms with Gasteiger partial charge < -0.3 is 5.11 Å². The first kappa shape index (κ1) is 16.8. The topological polar surface area (TPSA) is 40.5 Å². The lowest BCUT2D eigenvalue weighted by atomic mass is 9.69. The zero-order valence-electron chi connectivity index (χ0n) is 14.6. The molecule has 3 aliphatic rings. The van der Waals surface area contributed by atoms with E-state index in [1.54, 1.807) is 0 Å². The lowest BCUT2D eigenvalue weighted by Gasteiger charge is -2.37. The Hall–Kier alpha value is -1.09. The molecule has 128 valence electrons. The average Bonchev–Trinajstić information content (AvgIpc) is 2.91. The van der Waals surface area contributed by atoms with Gasteiger partial charge in [-0.25, -0.2) is 0 Å². The van der Waals surface area contributed by atoms with E-state index in [0.29, 0.717) is 17.8 Å². The van der Waals surface area contributed by atoms with Gasteiger partial charge in [-0.1, -0.05) is 57.4 Å². The van der Waals surface area contributed by atoms with Crippen LogP contribution >= 0.6 is 0 Å². The van der Waals surface area contributed by atoms with Crippen LogP contribution in [-0.4, -0.2) is 35.1 Å². The minimum atomic E-state index is -0.603. The van der Waals surface area contributed by atoms with Gasteiger partial charge in [0, 0.05) is 13.1 Å². The van der Waals surface area contributed by atoms with E-state index in [0.717, 1.165) is 32.4 Å². The van der Waals surface area contributed by atoms with Crippen molar-refractivity contribution in [1.82, 2.24) is 4.90 Å². The number of allylic oxidation sites excluding steroid dienone is 4. The molecular weight excluding hydrogens is 286 g/mol. The highest BCUT2D eigenvalue weighted by atomic mass is 16.4. The number of carboxylic acids is 1. The minimum absolute atomic E-state index is 0.179. The fourth-order valence-electron chi connectivity index (χ4n) is 5.21. The van der Waals surface area contributed by atoms with Gasteiger partial charge in [-0.3, -0.25) is 9.69 Å². The van der Waals surface area contributed by atoms with Crippen LogP contribution in [0.25, 0.3) is 0 Å². The quantitative estimate of drug-likeness (QED) is 0.848. The van der Waals surface area contributed by atoms with Gasteiger partial charge in [-0.15, -0.1) is 0 Å². The number of carbonyl (C=O) groups is 1. The van der Waals surface area contributed by atoms with E-state index in [-0.39, 0.29) is 11.5 Å². The van der Waals surface area contributed by atoms with Crippen molar-refractivity contribution in [1.29, 1.82) is 0 Å². The lowest BCUT2D eigenvalue weighted by molar-refractivity contribution is -0.145. The molecule has 0 aromatic rings. The minimum Gasteiger partial charge on any atom is -0.480 e. The maximum Gasteiger partial charge on any atom is 0.321 e. The Labute approximate surface area is 140 Å². The lowest BCUT2D eigenvalue weighted by Crippen LogP contribution is -2.46. The first-order valence-electron chi connectivity index (χ1n) is 9.32. The molecule has 0 spiro atoms. The van der Waals surface area contributed by atoms with Gasteiger partial charge in [0.05, 0.1) is 0 Å². The molecule has 4 atom stereocenters. The van der Waals surface area contributed by atoms with E-state index >= 15 is 0 Å². The largest absolute Gasteiger partial charge is 0.480 e. The molecule has 1 N–H and O–H groups in total. The molecule has 1 aliphatic heterocycles. The summed E-state index contributed by atoms with van der Waals surface area (Å²) in [5, 5.41) is 9.87. The van der Waals surface area contributed by atoms with Crippen LogP contribution in [0.4, 0.5) is 0 Å². The van der Waals surface area contributed by atoms with Gasteiger partial charge >= 0.3 is 5.97 Å². The molecule has 1 unspecified atom stereocenters. The van der Waals surface area contributed by atoms with E-state index in [1.165, 1.54) is 19.3 Å². The highest BCUT2D eigenvalue weighted by molar-refractivity contribution is 5.74. The number of hydrogen-bond acceptors (Lipinski definition) is 2. The standard InChI is InChI=1S/C20H31NO2/c1-15-13-21(14-17(15)20(2)11-7-4-8-12-20)18(19(22)23)16-9-5-3-6-10-16/h4,7-8,11,15-18H,3,5-6,9-10,12-14H2,1-2H3,(H,22,23)/t15-,17-,18+,20?/m0/s1. The molecule has 0 aromatic heterocycles. The molecule has 0 aromatic carbocycles. The molecule has 1 saturated heterocycles. The Morgan fingerprint density at radius 2 is 1.96 bits per heavy atom. The first-order valence-corrected chi connectivity index (χ1v) is 9.32. The number of rotatable bonds is 4. The maximum absolute atomic E-state index is 12.0. The van der Waals surface area contributed by atoms with Crippen LogP contribution in [0.1, 0.15) is 52.4 Å². The molecule has 1 saturated carbocycles. The number of aliphatic carboxylic acids is 1. The van der Waals surface area contributed by atoms with Gasteiger partial charge in [0.15, 0.2) is 0 Å². The zero-order valence-corrected chi connectivity index (χ0v) is 14.6. The second kappa shape index (κ2) is 6.80. The second-order valence-corrected chi connectivity index (χ2v) is 8.22. The van der Waals surface area contributed by atoms with Crippen LogP contribution in [-0.2, 0) is 4.79 Å². The fourth-order valence-corrected chi connectivity index (χ4v) is 5.21. The third-order valence-electron chi connectivity index (χ3n) is 6.51. The summed E-state index contributed by atoms with van der Waals surface area (Å²) in [6.45, 7) is 6.52. The van der Waals surface area contributed by atoms with Crippen molar-refractivity contribution >= 4 is 5.97 Å². The average molecular weight is 317 g/mol. The summed E-state index contributed by atoms with van der Waals surface area (Å²) in [4.78, 5) is 14.3. The summed E-state index contributed by atoms with van der Waals surface area (Å²) in [5.41, 5.74) is 0.179. The molecule has 2 fully saturated rings. The van der Waals surface area contributed by atoms with Crippen molar-refractivity contribution in [3.63, 3.8) is 0 Å². The molecule has 3 rings (SSSR count). The van der Waals surface area contributed by atoms with E-state index in [9.17, 15) is 9.90 Å². The highest BCUT2D eigenvalue weighted by Gasteiger charge is 2.46. The van der Waals surface area contributed by atoms with Crippen molar-refractivity contribution in [3.05, 3.63) is 24.3 Å². The van der Waals surface area contributed by atoms with Crippen molar-refractivity contribution in [2.75, 3.05) is 13.1 Å². The zero-order chi connectivity index (χ0) is 16.4. The molecule has 23 heavy (non-hydrogen) atoms. The maximum atomic E-state index is 12.0. The Morgan fingerprint density at radius 3 is 2.57 bits per heavy atom. The SMILES string of the molecule is C[C@H]1CN([C@@H](C(=O)O)C2CCCCC2)C[C@@H]1C1(C)C=CC=CC1. The summed E-state index contributed by atoms with van der Waals surface area (Å²) < 4.78 is 0. The van der Waals surface area contributed by atoms with Gasteiger partial charge in [-0.05, 0) is 42.4 Å². The number of carboxylic acid groups (broad SMARTS) is 1. The molecular formula is C20H31NO2. The first-order chi connectivity index (χ1) is 11.0. The summed E-state index contributed by atoms with van der Waals surface area (Å²) in [6.07, 6.45) is 15.8. The molecule has 3 heteroatoms. The Balaban J connectivity index is 1.74. The Morgan fingerprint density at radius 1 is 1.22 bits per heavy atom. The predicted octanol–water partition coefficient (Wildman–Crippen LogP) is 4.11. The Kier molecular flexibility index (Phi) is 4.96. The van der Waals surface area contributed by atoms with Crippen LogP contribution in [0.15, 0.2) is 24.3 Å². The van der Waals surface area contributed by atoms with E-state index < -0.39 is 5.97 Å². The molecule has 0 radical (unpaired) electrons. The van der Waals surface area contributed by atoms with E-state index in [4.69, 9.17) is 0 Å². The van der Waals surface area contributed by atoms with Crippen LogP contribution in [0.3, 0.4) is 0 Å². The fraction of sp³-hybridized carbons (Fsp3) is 0.750. The van der Waals surface area contributed by atoms with Crippen LogP contribution < -0.4 is 0 Å². The molecule has 3 nitrogen and oxygen atoms in total. The smallest absolute Gasteiger partial charge is 0.321 e. The van der Waals surface area contributed by atoms with Crippen LogP contribution in [0.5, 0.6) is 0 Å². The normalized spacial score (nSPS) is 37.1. The van der Waals surface area contributed by atoms with Gasteiger partial charge in [0.2, 0.25) is 0 Å².